The standard InChI is InChI=1S/C13H11BrClN3O3/c1-21-12(19)7-18-6-9(5-16-18)17-13(20)8-2-3-11(15)10(14)4-8/h2-6H,7H2,1H3,(H,17,20). The number of esters is 1. The van der Waals surface area contributed by atoms with Crippen molar-refractivity contribution in [1.29, 1.82) is 0 Å². The van der Waals surface area contributed by atoms with Gasteiger partial charge in [-0.05, 0) is 34.1 Å². The lowest BCUT2D eigenvalue weighted by atomic mass is 10.2. The van der Waals surface area contributed by atoms with Gasteiger partial charge in [-0.1, -0.05) is 11.6 Å². The van der Waals surface area contributed by atoms with E-state index in [9.17, 15) is 9.59 Å². The third kappa shape index (κ3) is 4.05. The first-order valence-electron chi connectivity index (χ1n) is 5.85. The van der Waals surface area contributed by atoms with E-state index in [1.54, 1.807) is 24.4 Å². The number of ether oxygens (including phenoxy) is 1. The van der Waals surface area contributed by atoms with Crippen LogP contribution in [0.3, 0.4) is 0 Å². The summed E-state index contributed by atoms with van der Waals surface area (Å²) in [4.78, 5) is 23.2. The van der Waals surface area contributed by atoms with Gasteiger partial charge < -0.3 is 10.1 Å². The van der Waals surface area contributed by atoms with Crippen molar-refractivity contribution in [2.24, 2.45) is 0 Å². The molecule has 0 atom stereocenters. The Morgan fingerprint density at radius 3 is 2.90 bits per heavy atom. The van der Waals surface area contributed by atoms with Gasteiger partial charge in [0.05, 0.1) is 24.0 Å². The Hall–Kier alpha value is -1.86. The monoisotopic (exact) mass is 371 g/mol. The molecule has 1 aromatic carbocycles. The van der Waals surface area contributed by atoms with E-state index in [0.717, 1.165) is 0 Å². The van der Waals surface area contributed by atoms with E-state index < -0.39 is 5.97 Å². The summed E-state index contributed by atoms with van der Waals surface area (Å²) in [6.45, 7) is -0.0150. The Morgan fingerprint density at radius 1 is 1.48 bits per heavy atom. The molecule has 6 nitrogen and oxygen atoms in total. The van der Waals surface area contributed by atoms with E-state index in [2.05, 4.69) is 31.1 Å². The van der Waals surface area contributed by atoms with Gasteiger partial charge in [0.15, 0.2) is 0 Å². The summed E-state index contributed by atoms with van der Waals surface area (Å²) in [5.74, 6) is -0.720. The number of hydrogen-bond acceptors (Lipinski definition) is 4. The van der Waals surface area contributed by atoms with Crippen LogP contribution in [-0.4, -0.2) is 28.8 Å². The molecule has 0 spiro atoms. The molecule has 8 heteroatoms. The van der Waals surface area contributed by atoms with Crippen LogP contribution < -0.4 is 5.32 Å². The number of aromatic nitrogens is 2. The van der Waals surface area contributed by atoms with Crippen molar-refractivity contribution in [1.82, 2.24) is 9.78 Å². The molecule has 2 aromatic rings. The largest absolute Gasteiger partial charge is 0.468 e. The topological polar surface area (TPSA) is 73.2 Å². The highest BCUT2D eigenvalue weighted by molar-refractivity contribution is 9.10. The Balaban J connectivity index is 2.05. The highest BCUT2D eigenvalue weighted by Gasteiger charge is 2.10. The molecule has 1 heterocycles. The Bertz CT molecular complexity index is 687. The Labute approximate surface area is 134 Å². The van der Waals surface area contributed by atoms with Crippen molar-refractivity contribution in [3.8, 4) is 0 Å². The summed E-state index contributed by atoms with van der Waals surface area (Å²) in [7, 11) is 1.30. The van der Waals surface area contributed by atoms with Crippen LogP contribution in [0.5, 0.6) is 0 Å². The molecule has 21 heavy (non-hydrogen) atoms. The van der Waals surface area contributed by atoms with Gasteiger partial charge in [-0.3, -0.25) is 14.3 Å². The first kappa shape index (κ1) is 15.5. The smallest absolute Gasteiger partial charge is 0.327 e. The summed E-state index contributed by atoms with van der Waals surface area (Å²) in [5.41, 5.74) is 0.932. The molecule has 0 aliphatic heterocycles. The van der Waals surface area contributed by atoms with E-state index in [1.165, 1.54) is 18.0 Å². The first-order valence-corrected chi connectivity index (χ1v) is 7.02. The molecule has 2 rings (SSSR count). The second-order valence-corrected chi connectivity index (χ2v) is 5.35. The molecule has 0 saturated carbocycles. The van der Waals surface area contributed by atoms with Gasteiger partial charge in [-0.15, -0.1) is 0 Å². The quantitative estimate of drug-likeness (QED) is 0.838. The number of benzene rings is 1. The van der Waals surface area contributed by atoms with Crippen LogP contribution in [-0.2, 0) is 16.1 Å². The third-order valence-corrected chi connectivity index (χ3v) is 3.81. The minimum absolute atomic E-state index is 0.0150. The molecule has 0 radical (unpaired) electrons. The highest BCUT2D eigenvalue weighted by Crippen LogP contribution is 2.23. The van der Waals surface area contributed by atoms with Crippen molar-refractivity contribution >= 4 is 45.1 Å². The zero-order valence-corrected chi connectivity index (χ0v) is 13.3. The highest BCUT2D eigenvalue weighted by atomic mass is 79.9. The van der Waals surface area contributed by atoms with E-state index in [1.807, 2.05) is 0 Å². The number of carbonyl (C=O) groups excluding carboxylic acids is 2. The molecule has 0 aliphatic rings. The molecular weight excluding hydrogens is 362 g/mol. The number of rotatable bonds is 4. The maximum atomic E-state index is 12.1. The Kier molecular flexibility index (Phi) is 4.98. The molecule has 0 unspecified atom stereocenters. The van der Waals surface area contributed by atoms with E-state index >= 15 is 0 Å². The van der Waals surface area contributed by atoms with Crippen molar-refractivity contribution in [2.75, 3.05) is 12.4 Å². The summed E-state index contributed by atoms with van der Waals surface area (Å²) in [5, 5.41) is 7.16. The zero-order chi connectivity index (χ0) is 15.4. The number of methoxy groups -OCH3 is 1. The lowest BCUT2D eigenvalue weighted by Gasteiger charge is -2.04. The van der Waals surface area contributed by atoms with Crippen molar-refractivity contribution in [2.45, 2.75) is 6.54 Å². The molecule has 1 N–H and O–H groups in total. The molecule has 1 amide bonds. The summed E-state index contributed by atoms with van der Waals surface area (Å²) in [6.07, 6.45) is 2.99. The number of amides is 1. The summed E-state index contributed by atoms with van der Waals surface area (Å²) >= 11 is 9.13. The Morgan fingerprint density at radius 2 is 2.24 bits per heavy atom. The van der Waals surface area contributed by atoms with Gasteiger partial charge in [0.25, 0.3) is 5.91 Å². The number of nitrogens with one attached hydrogen (secondary N) is 1. The van der Waals surface area contributed by atoms with Gasteiger partial charge in [0.1, 0.15) is 6.54 Å². The van der Waals surface area contributed by atoms with Crippen LogP contribution in [0.2, 0.25) is 5.02 Å². The van der Waals surface area contributed by atoms with Crippen LogP contribution in [0.15, 0.2) is 35.1 Å². The van der Waals surface area contributed by atoms with Crippen LogP contribution in [0.1, 0.15) is 10.4 Å². The average Bonchev–Trinajstić information content (AvgIpc) is 2.88. The molecule has 0 bridgehead atoms. The predicted molar refractivity (Wildman–Crippen MR) is 81.3 cm³/mol. The molecule has 110 valence electrons. The van der Waals surface area contributed by atoms with Gasteiger partial charge in [-0.2, -0.15) is 5.10 Å². The molecule has 0 saturated heterocycles. The number of anilines is 1. The van der Waals surface area contributed by atoms with Crippen molar-refractivity contribution < 1.29 is 14.3 Å². The lowest BCUT2D eigenvalue weighted by Crippen LogP contribution is -2.12. The maximum absolute atomic E-state index is 12.1. The minimum Gasteiger partial charge on any atom is -0.468 e. The van der Waals surface area contributed by atoms with E-state index in [4.69, 9.17) is 11.6 Å². The molecule has 0 aliphatic carbocycles. The number of hydrogen-bond donors (Lipinski definition) is 1. The molecule has 1 aromatic heterocycles. The fraction of sp³-hybridized carbons (Fsp3) is 0.154. The number of halogens is 2. The predicted octanol–water partition coefficient (Wildman–Crippen LogP) is 2.72. The van der Waals surface area contributed by atoms with E-state index in [0.29, 0.717) is 20.7 Å². The molecular formula is C13H11BrClN3O3. The van der Waals surface area contributed by atoms with Gasteiger partial charge in [-0.25, -0.2) is 0 Å². The first-order chi connectivity index (χ1) is 9.99. The second kappa shape index (κ2) is 6.73. The SMILES string of the molecule is COC(=O)Cn1cc(NC(=O)c2ccc(Cl)c(Br)c2)cn1. The fourth-order valence-electron chi connectivity index (χ4n) is 1.55. The van der Waals surface area contributed by atoms with Crippen LogP contribution in [0.25, 0.3) is 0 Å². The lowest BCUT2D eigenvalue weighted by molar-refractivity contribution is -0.141. The van der Waals surface area contributed by atoms with E-state index in [-0.39, 0.29) is 12.5 Å². The average molecular weight is 373 g/mol. The zero-order valence-electron chi connectivity index (χ0n) is 11.0. The normalized spacial score (nSPS) is 10.2. The van der Waals surface area contributed by atoms with Gasteiger partial charge in [0, 0.05) is 16.2 Å². The number of carbonyl (C=O) groups is 2. The number of nitrogens with zero attached hydrogens (tertiary/aromatic N) is 2. The maximum Gasteiger partial charge on any atom is 0.327 e. The van der Waals surface area contributed by atoms with Gasteiger partial charge in [0.2, 0.25) is 0 Å². The summed E-state index contributed by atoms with van der Waals surface area (Å²) in [6, 6.07) is 4.86. The van der Waals surface area contributed by atoms with Crippen LogP contribution in [0.4, 0.5) is 5.69 Å². The van der Waals surface area contributed by atoms with Crippen LogP contribution in [0, 0.1) is 0 Å². The summed E-state index contributed by atoms with van der Waals surface area (Å²) < 4.78 is 6.54. The van der Waals surface area contributed by atoms with Crippen molar-refractivity contribution in [3.63, 3.8) is 0 Å². The van der Waals surface area contributed by atoms with Crippen molar-refractivity contribution in [3.05, 3.63) is 45.7 Å². The second-order valence-electron chi connectivity index (χ2n) is 4.09. The van der Waals surface area contributed by atoms with Crippen LogP contribution >= 0.6 is 27.5 Å². The molecule has 0 fully saturated rings. The third-order valence-electron chi connectivity index (χ3n) is 2.59. The minimum atomic E-state index is -0.419. The fourth-order valence-corrected chi connectivity index (χ4v) is 2.05. The van der Waals surface area contributed by atoms with Gasteiger partial charge >= 0.3 is 5.97 Å².